The van der Waals surface area contributed by atoms with Gasteiger partial charge < -0.3 is 10.4 Å². The minimum Gasteiger partial charge on any atom is -0.395 e. The van der Waals surface area contributed by atoms with Crippen LogP contribution in [-0.4, -0.2) is 41.7 Å². The first kappa shape index (κ1) is 14.0. The number of aliphatic hydroxyl groups is 1. The molecule has 1 saturated heterocycles. The van der Waals surface area contributed by atoms with Gasteiger partial charge in [0.2, 0.25) is 5.91 Å². The Morgan fingerprint density at radius 2 is 2.16 bits per heavy atom. The molecule has 0 radical (unpaired) electrons. The van der Waals surface area contributed by atoms with E-state index >= 15 is 0 Å². The van der Waals surface area contributed by atoms with Crippen LogP contribution in [0.3, 0.4) is 0 Å². The van der Waals surface area contributed by atoms with Gasteiger partial charge in [-0.3, -0.25) is 9.69 Å². The fourth-order valence-electron chi connectivity index (χ4n) is 2.46. The Bertz CT molecular complexity index is 417. The highest BCUT2D eigenvalue weighted by Gasteiger charge is 2.25. The molecule has 0 spiro atoms. The molecule has 1 amide bonds. The predicted octanol–water partition coefficient (Wildman–Crippen LogP) is 1.07. The molecule has 0 bridgehead atoms. The van der Waals surface area contributed by atoms with E-state index < -0.39 is 0 Å². The lowest BCUT2D eigenvalue weighted by molar-refractivity contribution is -0.122. The van der Waals surface area contributed by atoms with Crippen molar-refractivity contribution >= 4 is 5.91 Å². The van der Waals surface area contributed by atoms with Crippen LogP contribution >= 0.6 is 0 Å². The molecule has 1 heterocycles. The van der Waals surface area contributed by atoms with Crippen molar-refractivity contribution < 1.29 is 9.90 Å². The van der Waals surface area contributed by atoms with Crippen molar-refractivity contribution in [3.05, 3.63) is 35.4 Å². The lowest BCUT2D eigenvalue weighted by Crippen LogP contribution is -2.40. The first-order valence-corrected chi connectivity index (χ1v) is 6.86. The summed E-state index contributed by atoms with van der Waals surface area (Å²) in [5, 5.41) is 12.1. The molecule has 0 aliphatic carbocycles. The van der Waals surface area contributed by atoms with Gasteiger partial charge in [0.1, 0.15) is 0 Å². The van der Waals surface area contributed by atoms with Crippen LogP contribution in [0.1, 0.15) is 24.0 Å². The number of rotatable bonds is 5. The largest absolute Gasteiger partial charge is 0.395 e. The molecule has 0 aromatic heterocycles. The number of benzene rings is 1. The fraction of sp³-hybridized carbons (Fsp3) is 0.533. The van der Waals surface area contributed by atoms with Crippen LogP contribution in [0.5, 0.6) is 0 Å². The second kappa shape index (κ2) is 6.68. The topological polar surface area (TPSA) is 52.6 Å². The number of hydrogen-bond acceptors (Lipinski definition) is 3. The normalized spacial score (nSPS) is 19.6. The van der Waals surface area contributed by atoms with Gasteiger partial charge in [-0.2, -0.15) is 0 Å². The van der Waals surface area contributed by atoms with Gasteiger partial charge in [-0.05, 0) is 31.9 Å². The predicted molar refractivity (Wildman–Crippen MR) is 74.7 cm³/mol. The Labute approximate surface area is 114 Å². The van der Waals surface area contributed by atoms with E-state index in [0.29, 0.717) is 13.1 Å². The van der Waals surface area contributed by atoms with Crippen molar-refractivity contribution in [1.29, 1.82) is 0 Å². The zero-order valence-electron chi connectivity index (χ0n) is 11.4. The van der Waals surface area contributed by atoms with Gasteiger partial charge in [0, 0.05) is 12.6 Å². The van der Waals surface area contributed by atoms with Crippen LogP contribution in [0.15, 0.2) is 24.3 Å². The van der Waals surface area contributed by atoms with E-state index in [1.807, 2.05) is 31.2 Å². The number of aliphatic hydroxyl groups excluding tert-OH is 1. The smallest absolute Gasteiger partial charge is 0.234 e. The zero-order valence-corrected chi connectivity index (χ0v) is 11.4. The van der Waals surface area contributed by atoms with Crippen molar-refractivity contribution in [2.75, 3.05) is 19.7 Å². The average molecular weight is 262 g/mol. The molecule has 1 atom stereocenters. The van der Waals surface area contributed by atoms with E-state index in [-0.39, 0.29) is 18.6 Å². The zero-order chi connectivity index (χ0) is 13.7. The van der Waals surface area contributed by atoms with Gasteiger partial charge in [-0.15, -0.1) is 0 Å². The Morgan fingerprint density at radius 3 is 2.84 bits per heavy atom. The van der Waals surface area contributed by atoms with Crippen LogP contribution in [0.4, 0.5) is 0 Å². The maximum absolute atomic E-state index is 11.9. The number of hydrogen-bond donors (Lipinski definition) is 2. The lowest BCUT2D eigenvalue weighted by Gasteiger charge is -2.21. The van der Waals surface area contributed by atoms with Gasteiger partial charge in [0.15, 0.2) is 0 Å². The van der Waals surface area contributed by atoms with Crippen molar-refractivity contribution in [1.82, 2.24) is 10.2 Å². The number of carbonyl (C=O) groups is 1. The van der Waals surface area contributed by atoms with Crippen LogP contribution in [0, 0.1) is 6.92 Å². The summed E-state index contributed by atoms with van der Waals surface area (Å²) in [7, 11) is 0. The molecule has 2 N–H and O–H groups in total. The van der Waals surface area contributed by atoms with Gasteiger partial charge in [0.25, 0.3) is 0 Å². The van der Waals surface area contributed by atoms with Gasteiger partial charge in [0.05, 0.1) is 13.2 Å². The monoisotopic (exact) mass is 262 g/mol. The molecule has 1 unspecified atom stereocenters. The summed E-state index contributed by atoms with van der Waals surface area (Å²) < 4.78 is 0. The fourth-order valence-corrected chi connectivity index (χ4v) is 2.46. The molecule has 2 rings (SSSR count). The van der Waals surface area contributed by atoms with Crippen molar-refractivity contribution in [2.45, 2.75) is 32.4 Å². The Hall–Kier alpha value is -1.39. The van der Waals surface area contributed by atoms with Gasteiger partial charge in [-0.1, -0.05) is 29.8 Å². The summed E-state index contributed by atoms with van der Waals surface area (Å²) in [6.45, 7) is 4.05. The first-order chi connectivity index (χ1) is 9.19. The Morgan fingerprint density at radius 1 is 1.42 bits per heavy atom. The number of aryl methyl sites for hydroxylation is 1. The molecular formula is C15H22N2O2. The molecule has 1 aromatic rings. The second-order valence-corrected chi connectivity index (χ2v) is 5.21. The number of carbonyl (C=O) groups excluding carboxylic acids is 1. The minimum atomic E-state index is 0.0286. The second-order valence-electron chi connectivity index (χ2n) is 5.21. The summed E-state index contributed by atoms with van der Waals surface area (Å²) in [5.74, 6) is 0.0286. The van der Waals surface area contributed by atoms with Crippen molar-refractivity contribution in [3.63, 3.8) is 0 Å². The summed E-state index contributed by atoms with van der Waals surface area (Å²) in [5.41, 5.74) is 2.33. The van der Waals surface area contributed by atoms with Crippen LogP contribution in [0.2, 0.25) is 0 Å². The molecule has 1 aromatic carbocycles. The number of amides is 1. The van der Waals surface area contributed by atoms with Crippen LogP contribution in [0.25, 0.3) is 0 Å². The summed E-state index contributed by atoms with van der Waals surface area (Å²) in [4.78, 5) is 13.9. The van der Waals surface area contributed by atoms with Crippen LogP contribution in [-0.2, 0) is 11.3 Å². The Balaban J connectivity index is 1.77. The standard InChI is InChI=1S/C15H22N2O2/c1-12-4-6-13(7-5-12)9-16-15(19)10-17-8-2-3-14(17)11-18/h4-7,14,18H,2-3,8-11H2,1H3,(H,16,19). The number of nitrogens with one attached hydrogen (secondary N) is 1. The molecule has 19 heavy (non-hydrogen) atoms. The van der Waals surface area contributed by atoms with Gasteiger partial charge in [-0.25, -0.2) is 0 Å². The quantitative estimate of drug-likeness (QED) is 0.834. The molecular weight excluding hydrogens is 240 g/mol. The molecule has 1 aliphatic rings. The number of nitrogens with zero attached hydrogens (tertiary/aromatic N) is 1. The third-order valence-corrected chi connectivity index (χ3v) is 3.67. The number of likely N-dealkylation sites (tertiary alicyclic amines) is 1. The summed E-state index contributed by atoms with van der Waals surface area (Å²) >= 11 is 0. The molecule has 1 fully saturated rings. The highest BCUT2D eigenvalue weighted by Crippen LogP contribution is 2.15. The van der Waals surface area contributed by atoms with E-state index in [9.17, 15) is 9.90 Å². The summed E-state index contributed by atoms with van der Waals surface area (Å²) in [6.07, 6.45) is 2.05. The molecule has 1 aliphatic heterocycles. The first-order valence-electron chi connectivity index (χ1n) is 6.86. The molecule has 4 heteroatoms. The Kier molecular flexibility index (Phi) is 4.93. The van der Waals surface area contributed by atoms with Crippen LogP contribution < -0.4 is 5.32 Å². The SMILES string of the molecule is Cc1ccc(CNC(=O)CN2CCCC2CO)cc1. The molecule has 104 valence electrons. The van der Waals surface area contributed by atoms with E-state index in [2.05, 4.69) is 10.2 Å². The molecule has 4 nitrogen and oxygen atoms in total. The van der Waals surface area contributed by atoms with E-state index in [4.69, 9.17) is 0 Å². The summed E-state index contributed by atoms with van der Waals surface area (Å²) in [6, 6.07) is 8.31. The van der Waals surface area contributed by atoms with Crippen molar-refractivity contribution in [2.24, 2.45) is 0 Å². The minimum absolute atomic E-state index is 0.0286. The third-order valence-electron chi connectivity index (χ3n) is 3.67. The average Bonchev–Trinajstić information content (AvgIpc) is 2.85. The lowest BCUT2D eigenvalue weighted by atomic mass is 10.1. The van der Waals surface area contributed by atoms with Crippen molar-refractivity contribution in [3.8, 4) is 0 Å². The van der Waals surface area contributed by atoms with E-state index in [0.717, 1.165) is 24.9 Å². The van der Waals surface area contributed by atoms with E-state index in [1.54, 1.807) is 0 Å². The van der Waals surface area contributed by atoms with Gasteiger partial charge >= 0.3 is 0 Å². The highest BCUT2D eigenvalue weighted by atomic mass is 16.3. The molecule has 0 saturated carbocycles. The maximum atomic E-state index is 11.9. The maximum Gasteiger partial charge on any atom is 0.234 e. The highest BCUT2D eigenvalue weighted by molar-refractivity contribution is 5.78. The third kappa shape index (κ3) is 4.04. The van der Waals surface area contributed by atoms with E-state index in [1.165, 1.54) is 5.56 Å².